The molecule has 0 unspecified atom stereocenters. The molecule has 9 heteroatoms. The average molecular weight is 347 g/mol. The number of anilines is 1. The van der Waals surface area contributed by atoms with E-state index in [-0.39, 0.29) is 22.3 Å². The van der Waals surface area contributed by atoms with Gasteiger partial charge in [-0.15, -0.1) is 11.3 Å². The van der Waals surface area contributed by atoms with Crippen LogP contribution < -0.4 is 4.72 Å². The van der Waals surface area contributed by atoms with Gasteiger partial charge >= 0.3 is 5.97 Å². The van der Waals surface area contributed by atoms with Gasteiger partial charge in [0.05, 0.1) is 11.5 Å². The molecule has 112 valence electrons. The monoisotopic (exact) mass is 346 g/mol. The molecule has 1 aromatic carbocycles. The fourth-order valence-electron chi connectivity index (χ4n) is 1.41. The highest BCUT2D eigenvalue weighted by Crippen LogP contribution is 2.21. The third-order valence-corrected chi connectivity index (χ3v) is 4.83. The van der Waals surface area contributed by atoms with Gasteiger partial charge in [0.2, 0.25) is 0 Å². The number of nitrogens with zero attached hydrogens (tertiary/aromatic N) is 1. The minimum atomic E-state index is -3.77. The number of carbonyl (C=O) groups excluding carboxylic acids is 1. The molecular weight excluding hydrogens is 336 g/mol. The molecule has 0 atom stereocenters. The highest BCUT2D eigenvalue weighted by atomic mass is 35.5. The van der Waals surface area contributed by atoms with Gasteiger partial charge in [-0.1, -0.05) is 11.6 Å². The van der Waals surface area contributed by atoms with Gasteiger partial charge in [0.25, 0.3) is 10.0 Å². The Balaban J connectivity index is 2.17. The predicted octanol–water partition coefficient (Wildman–Crippen LogP) is 2.77. The van der Waals surface area contributed by atoms with E-state index in [0.29, 0.717) is 5.02 Å². The van der Waals surface area contributed by atoms with Gasteiger partial charge < -0.3 is 4.74 Å². The first-order chi connectivity index (χ1) is 9.92. The van der Waals surface area contributed by atoms with Crippen molar-refractivity contribution in [3.8, 4) is 0 Å². The quantitative estimate of drug-likeness (QED) is 0.841. The van der Waals surface area contributed by atoms with Crippen molar-refractivity contribution < 1.29 is 17.9 Å². The number of aromatic nitrogens is 1. The summed E-state index contributed by atoms with van der Waals surface area (Å²) < 4.78 is 31.3. The van der Waals surface area contributed by atoms with Crippen LogP contribution in [0.15, 0.2) is 34.5 Å². The standard InChI is InChI=1S/C12H11ClN2O4S2/c1-2-19-11(16)10-7-20-12(14-10)15-21(17,18)9-5-3-8(13)4-6-9/h3-7H,2H2,1H3,(H,14,15). The fourth-order valence-corrected chi connectivity index (χ4v) is 3.47. The largest absolute Gasteiger partial charge is 0.461 e. The van der Waals surface area contributed by atoms with Gasteiger partial charge in [0.15, 0.2) is 10.8 Å². The molecule has 6 nitrogen and oxygen atoms in total. The van der Waals surface area contributed by atoms with Crippen LogP contribution in [-0.2, 0) is 14.8 Å². The summed E-state index contributed by atoms with van der Waals surface area (Å²) in [7, 11) is -3.77. The Morgan fingerprint density at radius 1 is 1.38 bits per heavy atom. The van der Waals surface area contributed by atoms with Crippen molar-refractivity contribution >= 4 is 44.1 Å². The number of nitrogens with one attached hydrogen (secondary N) is 1. The number of esters is 1. The number of ether oxygens (including phenoxy) is 1. The molecule has 1 heterocycles. The maximum absolute atomic E-state index is 12.1. The van der Waals surface area contributed by atoms with Gasteiger partial charge in [0, 0.05) is 10.4 Å². The molecule has 1 aromatic heterocycles. The molecule has 0 aliphatic rings. The molecule has 2 rings (SSSR count). The van der Waals surface area contributed by atoms with E-state index in [4.69, 9.17) is 16.3 Å². The summed E-state index contributed by atoms with van der Waals surface area (Å²) in [6.07, 6.45) is 0. The van der Waals surface area contributed by atoms with E-state index in [1.165, 1.54) is 29.6 Å². The van der Waals surface area contributed by atoms with Crippen LogP contribution in [0.5, 0.6) is 0 Å². The molecule has 0 saturated heterocycles. The summed E-state index contributed by atoms with van der Waals surface area (Å²) in [6, 6.07) is 5.71. The minimum Gasteiger partial charge on any atom is -0.461 e. The highest BCUT2D eigenvalue weighted by Gasteiger charge is 2.18. The van der Waals surface area contributed by atoms with Crippen molar-refractivity contribution in [3.05, 3.63) is 40.4 Å². The Morgan fingerprint density at radius 3 is 2.67 bits per heavy atom. The molecule has 0 bridgehead atoms. The maximum Gasteiger partial charge on any atom is 0.357 e. The molecule has 0 saturated carbocycles. The van der Waals surface area contributed by atoms with Crippen molar-refractivity contribution in [2.24, 2.45) is 0 Å². The van der Waals surface area contributed by atoms with Crippen LogP contribution in [0.25, 0.3) is 0 Å². The number of hydrogen-bond donors (Lipinski definition) is 1. The molecule has 1 N–H and O–H groups in total. The Labute approximate surface area is 130 Å². The van der Waals surface area contributed by atoms with Crippen LogP contribution in [0.1, 0.15) is 17.4 Å². The van der Waals surface area contributed by atoms with Gasteiger partial charge in [-0.2, -0.15) is 0 Å². The second kappa shape index (κ2) is 6.42. The summed E-state index contributed by atoms with van der Waals surface area (Å²) >= 11 is 6.71. The van der Waals surface area contributed by atoms with E-state index in [2.05, 4.69) is 9.71 Å². The topological polar surface area (TPSA) is 85.4 Å². The van der Waals surface area contributed by atoms with Crippen LogP contribution in [-0.4, -0.2) is 26.0 Å². The second-order valence-electron chi connectivity index (χ2n) is 3.82. The molecule has 0 amide bonds. The summed E-state index contributed by atoms with van der Waals surface area (Å²) in [6.45, 7) is 1.90. The number of benzene rings is 1. The number of halogens is 1. The van der Waals surface area contributed by atoms with E-state index >= 15 is 0 Å². The fraction of sp³-hybridized carbons (Fsp3) is 0.167. The molecule has 21 heavy (non-hydrogen) atoms. The Hall–Kier alpha value is -1.64. The van der Waals surface area contributed by atoms with Gasteiger partial charge in [-0.3, -0.25) is 4.72 Å². The van der Waals surface area contributed by atoms with Crippen molar-refractivity contribution in [2.75, 3.05) is 11.3 Å². The smallest absolute Gasteiger partial charge is 0.357 e. The van der Waals surface area contributed by atoms with Crippen LogP contribution in [0.3, 0.4) is 0 Å². The molecule has 0 spiro atoms. The number of thiazole rings is 1. The first-order valence-electron chi connectivity index (χ1n) is 5.83. The van der Waals surface area contributed by atoms with Crippen molar-refractivity contribution in [1.29, 1.82) is 0 Å². The average Bonchev–Trinajstić information content (AvgIpc) is 2.87. The third-order valence-electron chi connectivity index (χ3n) is 2.33. The lowest BCUT2D eigenvalue weighted by molar-refractivity contribution is 0.0520. The van der Waals surface area contributed by atoms with E-state index in [9.17, 15) is 13.2 Å². The van der Waals surface area contributed by atoms with Gasteiger partial charge in [-0.05, 0) is 31.2 Å². The highest BCUT2D eigenvalue weighted by molar-refractivity contribution is 7.93. The summed E-state index contributed by atoms with van der Waals surface area (Å²) in [5.74, 6) is -0.592. The summed E-state index contributed by atoms with van der Waals surface area (Å²) in [4.78, 5) is 15.4. The number of carbonyl (C=O) groups is 1. The van der Waals surface area contributed by atoms with Crippen LogP contribution in [0.4, 0.5) is 5.13 Å². The first-order valence-corrected chi connectivity index (χ1v) is 8.57. The van der Waals surface area contributed by atoms with Gasteiger partial charge in [0.1, 0.15) is 0 Å². The van der Waals surface area contributed by atoms with E-state index in [1.807, 2.05) is 0 Å². The number of sulfonamides is 1. The van der Waals surface area contributed by atoms with Gasteiger partial charge in [-0.25, -0.2) is 18.2 Å². The Bertz CT molecular complexity index is 741. The summed E-state index contributed by atoms with van der Waals surface area (Å²) in [5, 5.41) is 1.96. The lowest BCUT2D eigenvalue weighted by Crippen LogP contribution is -2.13. The molecular formula is C12H11ClN2O4S2. The van der Waals surface area contributed by atoms with Crippen LogP contribution >= 0.6 is 22.9 Å². The zero-order valence-corrected chi connectivity index (χ0v) is 13.3. The third kappa shape index (κ3) is 3.93. The number of hydrogen-bond acceptors (Lipinski definition) is 6. The van der Waals surface area contributed by atoms with E-state index < -0.39 is 16.0 Å². The maximum atomic E-state index is 12.1. The Kier molecular flexibility index (Phi) is 4.81. The molecule has 0 aliphatic carbocycles. The lowest BCUT2D eigenvalue weighted by atomic mass is 10.4. The number of rotatable bonds is 5. The molecule has 0 fully saturated rings. The SMILES string of the molecule is CCOC(=O)c1csc(NS(=O)(=O)c2ccc(Cl)cc2)n1. The van der Waals surface area contributed by atoms with Crippen molar-refractivity contribution in [3.63, 3.8) is 0 Å². The normalized spacial score (nSPS) is 11.1. The first kappa shape index (κ1) is 15.7. The van der Waals surface area contributed by atoms with E-state index in [0.717, 1.165) is 11.3 Å². The van der Waals surface area contributed by atoms with Crippen molar-refractivity contribution in [2.45, 2.75) is 11.8 Å². The zero-order chi connectivity index (χ0) is 15.5. The van der Waals surface area contributed by atoms with Crippen LogP contribution in [0, 0.1) is 0 Å². The Morgan fingerprint density at radius 2 is 2.05 bits per heavy atom. The lowest BCUT2D eigenvalue weighted by Gasteiger charge is -2.04. The predicted molar refractivity (Wildman–Crippen MR) is 80.3 cm³/mol. The van der Waals surface area contributed by atoms with Crippen molar-refractivity contribution in [1.82, 2.24) is 4.98 Å². The van der Waals surface area contributed by atoms with Crippen LogP contribution in [0.2, 0.25) is 5.02 Å². The molecule has 0 radical (unpaired) electrons. The molecule has 0 aliphatic heterocycles. The second-order valence-corrected chi connectivity index (χ2v) is 6.79. The minimum absolute atomic E-state index is 0.0554. The van der Waals surface area contributed by atoms with E-state index in [1.54, 1.807) is 6.92 Å². The zero-order valence-electron chi connectivity index (χ0n) is 10.9. The molecule has 2 aromatic rings. The summed E-state index contributed by atoms with van der Waals surface area (Å²) in [5.41, 5.74) is 0.0654.